The van der Waals surface area contributed by atoms with Crippen molar-refractivity contribution >= 4 is 16.7 Å². The molecule has 0 bridgehead atoms. The summed E-state index contributed by atoms with van der Waals surface area (Å²) in [7, 11) is 1.56. The van der Waals surface area contributed by atoms with Crippen molar-refractivity contribution in [3.63, 3.8) is 0 Å². The topological polar surface area (TPSA) is 67.2 Å². The van der Waals surface area contributed by atoms with Crippen LogP contribution >= 0.6 is 0 Å². The number of carbonyl (C=O) groups is 1. The summed E-state index contributed by atoms with van der Waals surface area (Å²) >= 11 is 0. The normalized spacial score (nSPS) is 12.3. The van der Waals surface area contributed by atoms with Crippen LogP contribution in [0.3, 0.4) is 0 Å². The highest BCUT2D eigenvalue weighted by atomic mass is 16.2. The molecule has 1 heterocycles. The number of aromatic nitrogens is 2. The molecule has 2 aromatic carbocycles. The van der Waals surface area contributed by atoms with Gasteiger partial charge in [-0.25, -0.2) is 4.68 Å². The lowest BCUT2D eigenvalue weighted by Gasteiger charge is -2.30. The van der Waals surface area contributed by atoms with E-state index in [4.69, 9.17) is 0 Å². The zero-order valence-electron chi connectivity index (χ0n) is 16.6. The number of benzene rings is 2. The molecule has 0 spiro atoms. The van der Waals surface area contributed by atoms with E-state index < -0.39 is 0 Å². The van der Waals surface area contributed by atoms with Gasteiger partial charge in [0.1, 0.15) is 0 Å². The number of fused-ring (bicyclic) bond motifs is 1. The van der Waals surface area contributed by atoms with E-state index in [1.165, 1.54) is 4.68 Å². The lowest BCUT2D eigenvalue weighted by Crippen LogP contribution is -2.39. The third-order valence-corrected chi connectivity index (χ3v) is 5.07. The van der Waals surface area contributed by atoms with Gasteiger partial charge in [0, 0.05) is 19.0 Å². The first kappa shape index (κ1) is 19.8. The summed E-state index contributed by atoms with van der Waals surface area (Å²) in [6.45, 7) is 6.45. The molecular weight excluding hydrogens is 352 g/mol. The number of hydrogen-bond donors (Lipinski definition) is 1. The molecular formula is C22H26N4O2. The summed E-state index contributed by atoms with van der Waals surface area (Å²) in [6, 6.07) is 17.3. The van der Waals surface area contributed by atoms with Crippen LogP contribution in [0.1, 0.15) is 35.9 Å². The molecule has 0 radical (unpaired) electrons. The van der Waals surface area contributed by atoms with Gasteiger partial charge < -0.3 is 5.32 Å². The Bertz CT molecular complexity index is 1010. The molecule has 1 unspecified atom stereocenters. The minimum absolute atomic E-state index is 0.0685. The quantitative estimate of drug-likeness (QED) is 0.686. The van der Waals surface area contributed by atoms with E-state index in [0.717, 1.165) is 18.7 Å². The van der Waals surface area contributed by atoms with Crippen molar-refractivity contribution in [1.29, 1.82) is 0 Å². The standard InChI is InChI=1S/C22H26N4O2/c1-4-26(5-2)19(16-11-7-6-8-12-16)15-23-21(27)20-17-13-9-10-14-18(17)22(28)25(3)24-20/h6-14,19H,4-5,15H2,1-3H3,(H,23,27). The number of nitrogens with zero attached hydrogens (tertiary/aromatic N) is 3. The minimum Gasteiger partial charge on any atom is -0.349 e. The maximum atomic E-state index is 12.9. The van der Waals surface area contributed by atoms with Crippen molar-refractivity contribution in [1.82, 2.24) is 20.0 Å². The molecule has 0 saturated carbocycles. The van der Waals surface area contributed by atoms with E-state index >= 15 is 0 Å². The average molecular weight is 378 g/mol. The molecule has 0 fully saturated rings. The molecule has 3 rings (SSSR count). The van der Waals surface area contributed by atoms with Crippen molar-refractivity contribution in [3.05, 3.63) is 76.2 Å². The lowest BCUT2D eigenvalue weighted by atomic mass is 10.0. The van der Waals surface area contributed by atoms with E-state index in [2.05, 4.69) is 41.3 Å². The average Bonchev–Trinajstić information content (AvgIpc) is 2.74. The van der Waals surface area contributed by atoms with Gasteiger partial charge in [0.25, 0.3) is 11.5 Å². The monoisotopic (exact) mass is 378 g/mol. The predicted molar refractivity (Wildman–Crippen MR) is 111 cm³/mol. The second kappa shape index (κ2) is 8.80. The zero-order chi connectivity index (χ0) is 20.1. The van der Waals surface area contributed by atoms with Gasteiger partial charge in [0.05, 0.1) is 11.4 Å². The Hall–Kier alpha value is -2.99. The number of rotatable bonds is 7. The van der Waals surface area contributed by atoms with Gasteiger partial charge in [-0.15, -0.1) is 0 Å². The van der Waals surface area contributed by atoms with Gasteiger partial charge in [-0.1, -0.05) is 62.4 Å². The van der Waals surface area contributed by atoms with Crippen LogP contribution in [-0.2, 0) is 7.05 Å². The van der Waals surface area contributed by atoms with Crippen molar-refractivity contribution < 1.29 is 4.79 Å². The Morgan fingerprint density at radius 3 is 2.29 bits per heavy atom. The Morgan fingerprint density at radius 2 is 1.64 bits per heavy atom. The molecule has 0 aliphatic carbocycles. The smallest absolute Gasteiger partial charge is 0.274 e. The van der Waals surface area contributed by atoms with Crippen LogP contribution in [0.5, 0.6) is 0 Å². The summed E-state index contributed by atoms with van der Waals surface area (Å²) < 4.78 is 1.22. The van der Waals surface area contributed by atoms with Crippen LogP contribution in [-0.4, -0.2) is 40.2 Å². The van der Waals surface area contributed by atoms with Gasteiger partial charge >= 0.3 is 0 Å². The SMILES string of the molecule is CCN(CC)C(CNC(=O)c1nn(C)c(=O)c2ccccc12)c1ccccc1. The van der Waals surface area contributed by atoms with Crippen LogP contribution in [0, 0.1) is 0 Å². The van der Waals surface area contributed by atoms with Gasteiger partial charge in [-0.3, -0.25) is 14.5 Å². The first-order chi connectivity index (χ1) is 13.6. The third-order valence-electron chi connectivity index (χ3n) is 5.07. The van der Waals surface area contributed by atoms with Crippen molar-refractivity contribution in [3.8, 4) is 0 Å². The number of carbonyl (C=O) groups excluding carboxylic acids is 1. The van der Waals surface area contributed by atoms with Crippen molar-refractivity contribution in [2.75, 3.05) is 19.6 Å². The molecule has 6 heteroatoms. The van der Waals surface area contributed by atoms with Crippen molar-refractivity contribution in [2.24, 2.45) is 7.05 Å². The number of aryl methyl sites for hydroxylation is 1. The zero-order valence-corrected chi connectivity index (χ0v) is 16.6. The predicted octanol–water partition coefficient (Wildman–Crippen LogP) is 2.75. The fourth-order valence-corrected chi connectivity index (χ4v) is 3.54. The highest BCUT2D eigenvalue weighted by molar-refractivity contribution is 6.04. The van der Waals surface area contributed by atoms with E-state index in [0.29, 0.717) is 17.3 Å². The molecule has 1 amide bonds. The number of nitrogens with one attached hydrogen (secondary N) is 1. The molecule has 0 aliphatic rings. The Labute approximate surface area is 164 Å². The summed E-state index contributed by atoms with van der Waals surface area (Å²) in [4.78, 5) is 27.5. The molecule has 1 N–H and O–H groups in total. The first-order valence-electron chi connectivity index (χ1n) is 9.60. The summed E-state index contributed by atoms with van der Waals surface area (Å²) in [5.74, 6) is -0.278. The lowest BCUT2D eigenvalue weighted by molar-refractivity contribution is 0.0929. The fraction of sp³-hybridized carbons (Fsp3) is 0.318. The summed E-state index contributed by atoms with van der Waals surface area (Å²) in [6.07, 6.45) is 0. The molecule has 1 atom stereocenters. The number of hydrogen-bond acceptors (Lipinski definition) is 4. The van der Waals surface area contributed by atoms with Crippen LogP contribution in [0.2, 0.25) is 0 Å². The number of amides is 1. The Morgan fingerprint density at radius 1 is 1.04 bits per heavy atom. The van der Waals surface area contributed by atoms with Gasteiger partial charge in [-0.05, 0) is 24.7 Å². The van der Waals surface area contributed by atoms with Gasteiger partial charge in [0.15, 0.2) is 5.69 Å². The summed E-state index contributed by atoms with van der Waals surface area (Å²) in [5.41, 5.74) is 1.21. The van der Waals surface area contributed by atoms with E-state index in [1.54, 1.807) is 25.2 Å². The highest BCUT2D eigenvalue weighted by Crippen LogP contribution is 2.20. The molecule has 6 nitrogen and oxygen atoms in total. The second-order valence-electron chi connectivity index (χ2n) is 6.68. The molecule has 0 saturated heterocycles. The van der Waals surface area contributed by atoms with Gasteiger partial charge in [0.2, 0.25) is 0 Å². The Kier molecular flexibility index (Phi) is 6.21. The largest absolute Gasteiger partial charge is 0.349 e. The molecule has 146 valence electrons. The van der Waals surface area contributed by atoms with E-state index in [-0.39, 0.29) is 23.2 Å². The van der Waals surface area contributed by atoms with Crippen LogP contribution in [0.25, 0.3) is 10.8 Å². The molecule has 1 aromatic heterocycles. The Balaban J connectivity index is 1.89. The maximum Gasteiger partial charge on any atom is 0.274 e. The van der Waals surface area contributed by atoms with Crippen LogP contribution in [0.4, 0.5) is 0 Å². The summed E-state index contributed by atoms with van der Waals surface area (Å²) in [5, 5.41) is 8.31. The maximum absolute atomic E-state index is 12.9. The molecule has 0 aliphatic heterocycles. The minimum atomic E-state index is -0.278. The molecule has 3 aromatic rings. The van der Waals surface area contributed by atoms with Crippen LogP contribution < -0.4 is 10.9 Å². The van der Waals surface area contributed by atoms with E-state index in [1.807, 2.05) is 24.3 Å². The van der Waals surface area contributed by atoms with Crippen LogP contribution in [0.15, 0.2) is 59.4 Å². The molecule has 28 heavy (non-hydrogen) atoms. The van der Waals surface area contributed by atoms with Crippen molar-refractivity contribution in [2.45, 2.75) is 19.9 Å². The third kappa shape index (κ3) is 3.97. The number of likely N-dealkylation sites (N-methyl/N-ethyl adjacent to an activating group) is 1. The first-order valence-corrected chi connectivity index (χ1v) is 9.60. The van der Waals surface area contributed by atoms with E-state index in [9.17, 15) is 9.59 Å². The fourth-order valence-electron chi connectivity index (χ4n) is 3.54. The highest BCUT2D eigenvalue weighted by Gasteiger charge is 2.21. The van der Waals surface area contributed by atoms with Gasteiger partial charge in [-0.2, -0.15) is 5.10 Å². The second-order valence-corrected chi connectivity index (χ2v) is 6.68.